The van der Waals surface area contributed by atoms with Gasteiger partial charge in [0.05, 0.1) is 11.2 Å². The maximum absolute atomic E-state index is 4.97. The van der Waals surface area contributed by atoms with Gasteiger partial charge in [0.2, 0.25) is 0 Å². The van der Waals surface area contributed by atoms with Crippen molar-refractivity contribution >= 4 is 27.5 Å². The van der Waals surface area contributed by atoms with Crippen molar-refractivity contribution in [2.45, 2.75) is 6.42 Å². The molecule has 0 bridgehead atoms. The van der Waals surface area contributed by atoms with Crippen LogP contribution < -0.4 is 4.90 Å². The van der Waals surface area contributed by atoms with Crippen LogP contribution in [0.15, 0.2) is 60.7 Å². The van der Waals surface area contributed by atoms with Crippen LogP contribution in [0.1, 0.15) is 11.4 Å². The van der Waals surface area contributed by atoms with Crippen LogP contribution in [-0.2, 0) is 6.42 Å². The molecule has 1 N–H and O–H groups in total. The number of anilines is 1. The van der Waals surface area contributed by atoms with Crippen molar-refractivity contribution in [3.05, 3.63) is 72.1 Å². The van der Waals surface area contributed by atoms with E-state index in [1.165, 1.54) is 22.0 Å². The summed E-state index contributed by atoms with van der Waals surface area (Å²) in [5.74, 6) is 1.03. The zero-order valence-electron chi connectivity index (χ0n) is 15.7. The molecular formula is C23H24N4. The Kier molecular flexibility index (Phi) is 4.06. The van der Waals surface area contributed by atoms with Crippen molar-refractivity contribution in [1.82, 2.24) is 14.9 Å². The van der Waals surface area contributed by atoms with Crippen molar-refractivity contribution < 1.29 is 0 Å². The van der Waals surface area contributed by atoms with Gasteiger partial charge in [-0.25, -0.2) is 4.98 Å². The van der Waals surface area contributed by atoms with Crippen LogP contribution in [0.5, 0.6) is 0 Å². The van der Waals surface area contributed by atoms with Crippen LogP contribution in [0.3, 0.4) is 0 Å². The number of nitrogens with zero attached hydrogens (tertiary/aromatic N) is 3. The number of hydrogen-bond acceptors (Lipinski definition) is 3. The molecule has 0 unspecified atom stereocenters. The smallest absolute Gasteiger partial charge is 0.112 e. The molecule has 1 fully saturated rings. The van der Waals surface area contributed by atoms with Gasteiger partial charge < -0.3 is 14.8 Å². The first-order chi connectivity index (χ1) is 13.3. The van der Waals surface area contributed by atoms with Gasteiger partial charge in [-0.05, 0) is 35.5 Å². The number of likely N-dealkylation sites (N-methyl/N-ethyl adjacent to an activating group) is 1. The molecule has 1 aliphatic heterocycles. The van der Waals surface area contributed by atoms with Crippen molar-refractivity contribution in [3.63, 3.8) is 0 Å². The lowest BCUT2D eigenvalue weighted by molar-refractivity contribution is 0.313. The standard InChI is InChI=1S/C23H24N4/c1-26-11-13-27(14-12-26)21-8-4-7-20-23(21)25-22(24-20)16-17-9-10-18-5-2-3-6-19(18)15-17/h2-10,15H,11-14,16H2,1H3,(H,24,25). The van der Waals surface area contributed by atoms with Gasteiger partial charge in [0.15, 0.2) is 0 Å². The van der Waals surface area contributed by atoms with Gasteiger partial charge >= 0.3 is 0 Å². The Hall–Kier alpha value is -2.85. The molecule has 0 radical (unpaired) electrons. The molecule has 4 aromatic rings. The predicted octanol–water partition coefficient (Wildman–Crippen LogP) is 4.06. The molecule has 5 rings (SSSR count). The van der Waals surface area contributed by atoms with Crippen LogP contribution in [0, 0.1) is 0 Å². The number of nitrogens with one attached hydrogen (secondary N) is 1. The van der Waals surface area contributed by atoms with Crippen molar-refractivity contribution in [1.29, 1.82) is 0 Å². The average molecular weight is 356 g/mol. The van der Waals surface area contributed by atoms with Gasteiger partial charge in [0, 0.05) is 32.6 Å². The third kappa shape index (κ3) is 3.17. The molecule has 136 valence electrons. The fraction of sp³-hybridized carbons (Fsp3) is 0.261. The second-order valence-corrected chi connectivity index (χ2v) is 7.51. The van der Waals surface area contributed by atoms with E-state index in [4.69, 9.17) is 4.98 Å². The number of imidazole rings is 1. The highest BCUT2D eigenvalue weighted by atomic mass is 15.3. The predicted molar refractivity (Wildman–Crippen MR) is 113 cm³/mol. The summed E-state index contributed by atoms with van der Waals surface area (Å²) in [6, 6.07) is 21.6. The number of rotatable bonds is 3. The fourth-order valence-corrected chi connectivity index (χ4v) is 4.00. The first-order valence-corrected chi connectivity index (χ1v) is 9.65. The van der Waals surface area contributed by atoms with Crippen molar-refractivity contribution in [2.75, 3.05) is 38.1 Å². The second kappa shape index (κ2) is 6.71. The van der Waals surface area contributed by atoms with E-state index in [-0.39, 0.29) is 0 Å². The zero-order valence-corrected chi connectivity index (χ0v) is 15.7. The van der Waals surface area contributed by atoms with E-state index in [9.17, 15) is 0 Å². The lowest BCUT2D eigenvalue weighted by atomic mass is 10.1. The zero-order chi connectivity index (χ0) is 18.2. The largest absolute Gasteiger partial charge is 0.367 e. The Labute approximate surface area is 159 Å². The van der Waals surface area contributed by atoms with E-state index >= 15 is 0 Å². The molecular weight excluding hydrogens is 332 g/mol. The van der Waals surface area contributed by atoms with Crippen LogP contribution >= 0.6 is 0 Å². The van der Waals surface area contributed by atoms with E-state index in [1.54, 1.807) is 0 Å². The molecule has 0 aliphatic carbocycles. The lowest BCUT2D eigenvalue weighted by Crippen LogP contribution is -2.44. The number of aromatic nitrogens is 2. The molecule has 3 aromatic carbocycles. The van der Waals surface area contributed by atoms with Crippen LogP contribution in [0.2, 0.25) is 0 Å². The third-order valence-electron chi connectivity index (χ3n) is 5.57. The molecule has 0 atom stereocenters. The number of aromatic amines is 1. The van der Waals surface area contributed by atoms with E-state index in [0.29, 0.717) is 0 Å². The Morgan fingerprint density at radius 2 is 1.70 bits per heavy atom. The minimum Gasteiger partial charge on any atom is -0.367 e. The summed E-state index contributed by atoms with van der Waals surface area (Å²) in [7, 11) is 2.19. The molecule has 1 aliphatic rings. The van der Waals surface area contributed by atoms with Gasteiger partial charge in [0.1, 0.15) is 11.3 Å². The quantitative estimate of drug-likeness (QED) is 0.601. The van der Waals surface area contributed by atoms with E-state index in [1.807, 2.05) is 0 Å². The van der Waals surface area contributed by atoms with Gasteiger partial charge in [0.25, 0.3) is 0 Å². The van der Waals surface area contributed by atoms with Crippen molar-refractivity contribution in [3.8, 4) is 0 Å². The summed E-state index contributed by atoms with van der Waals surface area (Å²) in [6.07, 6.45) is 0.821. The average Bonchev–Trinajstić information content (AvgIpc) is 3.11. The normalized spacial score (nSPS) is 15.7. The minimum atomic E-state index is 0.821. The Balaban J connectivity index is 1.46. The molecule has 2 heterocycles. The molecule has 0 amide bonds. The number of piperazine rings is 1. The summed E-state index contributed by atoms with van der Waals surface area (Å²) in [5.41, 5.74) is 4.76. The topological polar surface area (TPSA) is 35.2 Å². The third-order valence-corrected chi connectivity index (χ3v) is 5.57. The highest BCUT2D eigenvalue weighted by Crippen LogP contribution is 2.27. The number of fused-ring (bicyclic) bond motifs is 2. The van der Waals surface area contributed by atoms with E-state index in [0.717, 1.165) is 49.5 Å². The summed E-state index contributed by atoms with van der Waals surface area (Å²) >= 11 is 0. The Morgan fingerprint density at radius 3 is 2.56 bits per heavy atom. The summed E-state index contributed by atoms with van der Waals surface area (Å²) in [6.45, 7) is 4.32. The molecule has 0 saturated carbocycles. The van der Waals surface area contributed by atoms with Gasteiger partial charge in [-0.3, -0.25) is 0 Å². The molecule has 4 heteroatoms. The highest BCUT2D eigenvalue weighted by molar-refractivity contribution is 5.89. The Morgan fingerprint density at radius 1 is 0.889 bits per heavy atom. The van der Waals surface area contributed by atoms with E-state index in [2.05, 4.69) is 82.5 Å². The number of hydrogen-bond donors (Lipinski definition) is 1. The van der Waals surface area contributed by atoms with Crippen LogP contribution in [0.4, 0.5) is 5.69 Å². The van der Waals surface area contributed by atoms with Gasteiger partial charge in [-0.15, -0.1) is 0 Å². The maximum Gasteiger partial charge on any atom is 0.112 e. The summed E-state index contributed by atoms with van der Waals surface area (Å²) in [4.78, 5) is 13.3. The van der Waals surface area contributed by atoms with E-state index < -0.39 is 0 Å². The summed E-state index contributed by atoms with van der Waals surface area (Å²) < 4.78 is 0. The van der Waals surface area contributed by atoms with Crippen LogP contribution in [-0.4, -0.2) is 48.1 Å². The SMILES string of the molecule is CN1CCN(c2cccc3[nH]c(Cc4ccc5ccccc5c4)nc23)CC1. The molecule has 4 nitrogen and oxygen atoms in total. The molecule has 1 saturated heterocycles. The number of H-pyrrole nitrogens is 1. The molecule has 0 spiro atoms. The molecule has 27 heavy (non-hydrogen) atoms. The first-order valence-electron chi connectivity index (χ1n) is 9.65. The maximum atomic E-state index is 4.97. The first kappa shape index (κ1) is 16.3. The summed E-state index contributed by atoms with van der Waals surface area (Å²) in [5, 5.41) is 2.56. The van der Waals surface area contributed by atoms with Crippen LogP contribution in [0.25, 0.3) is 21.8 Å². The van der Waals surface area contributed by atoms with Crippen molar-refractivity contribution in [2.24, 2.45) is 0 Å². The molecule has 1 aromatic heterocycles. The second-order valence-electron chi connectivity index (χ2n) is 7.51. The highest BCUT2D eigenvalue weighted by Gasteiger charge is 2.18. The van der Waals surface area contributed by atoms with Gasteiger partial charge in [-0.1, -0.05) is 48.5 Å². The monoisotopic (exact) mass is 356 g/mol. The minimum absolute atomic E-state index is 0.821. The Bertz CT molecular complexity index is 1090. The number of para-hydroxylation sites is 1. The lowest BCUT2D eigenvalue weighted by Gasteiger charge is -2.34. The number of benzene rings is 3. The fourth-order valence-electron chi connectivity index (χ4n) is 4.00. The van der Waals surface area contributed by atoms with Gasteiger partial charge in [-0.2, -0.15) is 0 Å².